The van der Waals surface area contributed by atoms with Gasteiger partial charge in [0, 0.05) is 18.6 Å². The smallest absolute Gasteiger partial charge is 0.0643 e. The Bertz CT molecular complexity index is 434. The van der Waals surface area contributed by atoms with Crippen LogP contribution in [-0.2, 0) is 0 Å². The van der Waals surface area contributed by atoms with E-state index in [9.17, 15) is 5.11 Å². The highest BCUT2D eigenvalue weighted by Crippen LogP contribution is 2.35. The summed E-state index contributed by atoms with van der Waals surface area (Å²) in [5.74, 6) is 0. The predicted molar refractivity (Wildman–Crippen MR) is 85.6 cm³/mol. The molecule has 112 valence electrons. The van der Waals surface area contributed by atoms with Crippen molar-refractivity contribution in [2.24, 2.45) is 0 Å². The molecule has 0 aromatic heterocycles. The van der Waals surface area contributed by atoms with Gasteiger partial charge >= 0.3 is 0 Å². The summed E-state index contributed by atoms with van der Waals surface area (Å²) >= 11 is 6.48. The van der Waals surface area contributed by atoms with Crippen molar-refractivity contribution in [2.45, 2.75) is 45.2 Å². The predicted octanol–water partition coefficient (Wildman–Crippen LogP) is 3.36. The van der Waals surface area contributed by atoms with Crippen LogP contribution < -0.4 is 10.2 Å². The molecule has 1 aromatic rings. The van der Waals surface area contributed by atoms with Gasteiger partial charge in [-0.1, -0.05) is 24.6 Å². The Balaban J connectivity index is 2.18. The standard InChI is InChI=1S/C16H25ClN2O/c1-3-18-12(2)13-7-8-16(15(17)11-13)19(9-10-20)14-5-4-6-14/h7-8,11-12,14,18,20H,3-6,9-10H2,1-2H3. The van der Waals surface area contributed by atoms with Crippen molar-refractivity contribution in [1.82, 2.24) is 5.32 Å². The van der Waals surface area contributed by atoms with Crippen LogP contribution in [-0.4, -0.2) is 30.8 Å². The van der Waals surface area contributed by atoms with Crippen LogP contribution in [0.25, 0.3) is 0 Å². The Kier molecular flexibility index (Phi) is 5.70. The maximum Gasteiger partial charge on any atom is 0.0643 e. The molecule has 0 bridgehead atoms. The number of hydrogen-bond acceptors (Lipinski definition) is 3. The molecule has 1 aromatic carbocycles. The third kappa shape index (κ3) is 3.46. The molecule has 0 radical (unpaired) electrons. The molecule has 1 fully saturated rings. The Morgan fingerprint density at radius 1 is 1.45 bits per heavy atom. The van der Waals surface area contributed by atoms with E-state index in [-0.39, 0.29) is 6.61 Å². The van der Waals surface area contributed by atoms with Crippen molar-refractivity contribution in [3.05, 3.63) is 28.8 Å². The Morgan fingerprint density at radius 2 is 2.20 bits per heavy atom. The molecule has 1 unspecified atom stereocenters. The van der Waals surface area contributed by atoms with Crippen LogP contribution in [0, 0.1) is 0 Å². The summed E-state index contributed by atoms with van der Waals surface area (Å²) in [6.07, 6.45) is 3.68. The quantitative estimate of drug-likeness (QED) is 0.810. The van der Waals surface area contributed by atoms with Gasteiger partial charge in [0.25, 0.3) is 0 Å². The third-order valence-corrected chi connectivity index (χ3v) is 4.45. The summed E-state index contributed by atoms with van der Waals surface area (Å²) in [7, 11) is 0. The van der Waals surface area contributed by atoms with Gasteiger partial charge in [0.15, 0.2) is 0 Å². The first kappa shape index (κ1) is 15.6. The van der Waals surface area contributed by atoms with E-state index in [1.54, 1.807) is 0 Å². The number of benzene rings is 1. The number of aliphatic hydroxyl groups is 1. The minimum absolute atomic E-state index is 0.169. The number of anilines is 1. The number of hydrogen-bond donors (Lipinski definition) is 2. The molecule has 3 nitrogen and oxygen atoms in total. The van der Waals surface area contributed by atoms with Crippen molar-refractivity contribution in [2.75, 3.05) is 24.6 Å². The van der Waals surface area contributed by atoms with Crippen molar-refractivity contribution >= 4 is 17.3 Å². The van der Waals surface area contributed by atoms with Gasteiger partial charge in [-0.25, -0.2) is 0 Å². The maximum absolute atomic E-state index is 9.28. The van der Waals surface area contributed by atoms with Gasteiger partial charge < -0.3 is 15.3 Å². The molecule has 1 aliphatic carbocycles. The van der Waals surface area contributed by atoms with Crippen molar-refractivity contribution < 1.29 is 5.11 Å². The van der Waals surface area contributed by atoms with Crippen LogP contribution in [0.2, 0.25) is 5.02 Å². The highest BCUT2D eigenvalue weighted by Gasteiger charge is 2.26. The van der Waals surface area contributed by atoms with Gasteiger partial charge in [-0.05, 0) is 50.4 Å². The maximum atomic E-state index is 9.28. The zero-order chi connectivity index (χ0) is 14.5. The number of aliphatic hydroxyl groups excluding tert-OH is 1. The van der Waals surface area contributed by atoms with Crippen LogP contribution in [0.5, 0.6) is 0 Å². The SMILES string of the molecule is CCNC(C)c1ccc(N(CCO)C2CCC2)c(Cl)c1. The number of nitrogens with zero attached hydrogens (tertiary/aromatic N) is 1. The molecule has 4 heteroatoms. The van der Waals surface area contributed by atoms with Crippen LogP contribution in [0.3, 0.4) is 0 Å². The van der Waals surface area contributed by atoms with Gasteiger partial charge in [0.05, 0.1) is 17.3 Å². The minimum atomic E-state index is 0.169. The summed E-state index contributed by atoms with van der Waals surface area (Å²) < 4.78 is 0. The van der Waals surface area contributed by atoms with E-state index < -0.39 is 0 Å². The number of nitrogens with one attached hydrogen (secondary N) is 1. The molecule has 2 rings (SSSR count). The molecule has 20 heavy (non-hydrogen) atoms. The summed E-state index contributed by atoms with van der Waals surface area (Å²) in [5, 5.41) is 13.5. The highest BCUT2D eigenvalue weighted by atomic mass is 35.5. The molecule has 0 saturated heterocycles. The monoisotopic (exact) mass is 296 g/mol. The fourth-order valence-corrected chi connectivity index (χ4v) is 3.05. The lowest BCUT2D eigenvalue weighted by atomic mass is 9.91. The first-order valence-electron chi connectivity index (χ1n) is 7.57. The molecule has 0 amide bonds. The molecule has 1 saturated carbocycles. The van der Waals surface area contributed by atoms with E-state index >= 15 is 0 Å². The molecule has 2 N–H and O–H groups in total. The molecule has 0 spiro atoms. The van der Waals surface area contributed by atoms with Crippen molar-refractivity contribution in [3.8, 4) is 0 Å². The van der Waals surface area contributed by atoms with Crippen LogP contribution >= 0.6 is 11.6 Å². The lowest BCUT2D eigenvalue weighted by Gasteiger charge is -2.39. The second-order valence-electron chi connectivity index (χ2n) is 5.49. The van der Waals surface area contributed by atoms with Gasteiger partial charge in [0.2, 0.25) is 0 Å². The zero-order valence-corrected chi connectivity index (χ0v) is 13.2. The first-order valence-corrected chi connectivity index (χ1v) is 7.95. The van der Waals surface area contributed by atoms with Gasteiger partial charge in [0.1, 0.15) is 0 Å². The van der Waals surface area contributed by atoms with E-state index in [2.05, 4.69) is 36.2 Å². The second kappa shape index (κ2) is 7.30. The molecular formula is C16H25ClN2O. The van der Waals surface area contributed by atoms with Crippen LogP contribution in [0.1, 0.15) is 44.7 Å². The van der Waals surface area contributed by atoms with E-state index in [1.165, 1.54) is 24.8 Å². The highest BCUT2D eigenvalue weighted by molar-refractivity contribution is 6.33. The zero-order valence-electron chi connectivity index (χ0n) is 12.4. The van der Waals surface area contributed by atoms with Crippen molar-refractivity contribution in [3.63, 3.8) is 0 Å². The molecular weight excluding hydrogens is 272 g/mol. The topological polar surface area (TPSA) is 35.5 Å². The molecule has 1 aliphatic rings. The summed E-state index contributed by atoms with van der Waals surface area (Å²) in [5.41, 5.74) is 2.26. The average molecular weight is 297 g/mol. The van der Waals surface area contributed by atoms with Gasteiger partial charge in [-0.2, -0.15) is 0 Å². The molecule has 1 atom stereocenters. The Hall–Kier alpha value is -0.770. The second-order valence-corrected chi connectivity index (χ2v) is 5.90. The van der Waals surface area contributed by atoms with E-state index in [1.807, 2.05) is 6.07 Å². The summed E-state index contributed by atoms with van der Waals surface area (Å²) in [6.45, 7) is 6.02. The lowest BCUT2D eigenvalue weighted by molar-refractivity contribution is 0.283. The van der Waals surface area contributed by atoms with E-state index in [0.29, 0.717) is 18.6 Å². The molecule has 0 aliphatic heterocycles. The number of rotatable bonds is 7. The fourth-order valence-electron chi connectivity index (χ4n) is 2.76. The lowest BCUT2D eigenvalue weighted by Crippen LogP contribution is -2.42. The average Bonchev–Trinajstić information content (AvgIpc) is 2.36. The summed E-state index contributed by atoms with van der Waals surface area (Å²) in [6, 6.07) is 7.13. The normalized spacial score (nSPS) is 16.8. The van der Waals surface area contributed by atoms with Gasteiger partial charge in [-0.3, -0.25) is 0 Å². The van der Waals surface area contributed by atoms with E-state index in [0.717, 1.165) is 17.3 Å². The van der Waals surface area contributed by atoms with Crippen LogP contribution in [0.4, 0.5) is 5.69 Å². The van der Waals surface area contributed by atoms with Crippen LogP contribution in [0.15, 0.2) is 18.2 Å². The third-order valence-electron chi connectivity index (χ3n) is 4.15. The van der Waals surface area contributed by atoms with E-state index in [4.69, 9.17) is 11.6 Å². The first-order chi connectivity index (χ1) is 9.67. The Morgan fingerprint density at radius 3 is 2.70 bits per heavy atom. The Labute approximate surface area is 126 Å². The summed E-state index contributed by atoms with van der Waals surface area (Å²) in [4.78, 5) is 2.26. The minimum Gasteiger partial charge on any atom is -0.395 e. The van der Waals surface area contributed by atoms with Gasteiger partial charge in [-0.15, -0.1) is 0 Å². The number of halogens is 1. The van der Waals surface area contributed by atoms with Crippen molar-refractivity contribution in [1.29, 1.82) is 0 Å². The largest absolute Gasteiger partial charge is 0.395 e. The molecule has 0 heterocycles. The fraction of sp³-hybridized carbons (Fsp3) is 0.625.